The molecule has 2 N–H and O–H groups in total. The Bertz CT molecular complexity index is 1070. The molecule has 30 heavy (non-hydrogen) atoms. The van der Waals surface area contributed by atoms with Gasteiger partial charge in [0.25, 0.3) is 5.91 Å². The average molecular weight is 473 g/mol. The van der Waals surface area contributed by atoms with Crippen LogP contribution >= 0.6 is 15.9 Å². The van der Waals surface area contributed by atoms with Gasteiger partial charge in [-0.05, 0) is 51.7 Å². The first-order chi connectivity index (χ1) is 14.4. The number of nitrogens with one attached hydrogen (secondary N) is 1. The zero-order valence-corrected chi connectivity index (χ0v) is 18.1. The molecular formula is C21H21BrN4O4. The highest BCUT2D eigenvalue weighted by molar-refractivity contribution is 9.10. The van der Waals surface area contributed by atoms with Crippen molar-refractivity contribution in [3.8, 4) is 11.4 Å². The second-order valence-corrected chi connectivity index (χ2v) is 7.40. The molecule has 1 heterocycles. The molecule has 1 atom stereocenters. The van der Waals surface area contributed by atoms with Crippen molar-refractivity contribution in [2.45, 2.75) is 25.8 Å². The van der Waals surface area contributed by atoms with Crippen LogP contribution in [0.1, 0.15) is 41.0 Å². The van der Waals surface area contributed by atoms with Gasteiger partial charge in [0.1, 0.15) is 5.75 Å². The number of benzene rings is 2. The summed E-state index contributed by atoms with van der Waals surface area (Å²) in [6.07, 6.45) is 2.06. The monoisotopic (exact) mass is 472 g/mol. The molecule has 0 aliphatic rings. The third kappa shape index (κ3) is 4.85. The van der Waals surface area contributed by atoms with Crippen LogP contribution in [0, 0.1) is 0 Å². The van der Waals surface area contributed by atoms with Gasteiger partial charge in [-0.15, -0.1) is 5.10 Å². The van der Waals surface area contributed by atoms with Gasteiger partial charge in [-0.1, -0.05) is 36.4 Å². The van der Waals surface area contributed by atoms with Crippen molar-refractivity contribution in [3.63, 3.8) is 0 Å². The standard InChI is InChI=1S/C21H21BrN4O4/c1-3-13-6-4-5-7-18(13)26-12-17(24-25-26)21(29)23-16(11-20(27)28)14-8-9-19(30-2)15(22)10-14/h4-10,12,16H,3,11H2,1-2H3,(H,23,29)(H,27,28). The SMILES string of the molecule is CCc1ccccc1-n1cc(C(=O)NC(CC(=O)O)c2ccc(OC)c(Br)c2)nn1. The lowest BCUT2D eigenvalue weighted by Crippen LogP contribution is -2.30. The Kier molecular flexibility index (Phi) is 6.83. The van der Waals surface area contributed by atoms with E-state index < -0.39 is 17.9 Å². The number of carboxylic acid groups (broad SMARTS) is 1. The minimum absolute atomic E-state index is 0.101. The van der Waals surface area contributed by atoms with Crippen LogP contribution in [0.3, 0.4) is 0 Å². The predicted molar refractivity (Wildman–Crippen MR) is 114 cm³/mol. The highest BCUT2D eigenvalue weighted by atomic mass is 79.9. The van der Waals surface area contributed by atoms with E-state index in [1.165, 1.54) is 13.3 Å². The number of hydrogen-bond donors (Lipinski definition) is 2. The fourth-order valence-corrected chi connectivity index (χ4v) is 3.64. The largest absolute Gasteiger partial charge is 0.496 e. The van der Waals surface area contributed by atoms with E-state index in [1.54, 1.807) is 22.9 Å². The van der Waals surface area contributed by atoms with Gasteiger partial charge < -0.3 is 15.2 Å². The van der Waals surface area contributed by atoms with E-state index in [0.717, 1.165) is 17.7 Å². The summed E-state index contributed by atoms with van der Waals surface area (Å²) in [6.45, 7) is 2.03. The number of carbonyl (C=O) groups is 2. The maximum absolute atomic E-state index is 12.8. The summed E-state index contributed by atoms with van der Waals surface area (Å²) in [5, 5.41) is 20.1. The topological polar surface area (TPSA) is 106 Å². The number of para-hydroxylation sites is 1. The number of methoxy groups -OCH3 is 1. The molecule has 0 spiro atoms. The van der Waals surface area contributed by atoms with Crippen LogP contribution in [-0.2, 0) is 11.2 Å². The molecule has 0 saturated heterocycles. The molecular weight excluding hydrogens is 452 g/mol. The van der Waals surface area contributed by atoms with E-state index in [0.29, 0.717) is 15.8 Å². The number of rotatable bonds is 8. The summed E-state index contributed by atoms with van der Waals surface area (Å²) >= 11 is 3.38. The highest BCUT2D eigenvalue weighted by Crippen LogP contribution is 2.29. The summed E-state index contributed by atoms with van der Waals surface area (Å²) in [5.41, 5.74) is 2.64. The van der Waals surface area contributed by atoms with E-state index in [-0.39, 0.29) is 12.1 Å². The van der Waals surface area contributed by atoms with Crippen LogP contribution in [-0.4, -0.2) is 39.1 Å². The van der Waals surface area contributed by atoms with Gasteiger partial charge >= 0.3 is 5.97 Å². The number of carbonyl (C=O) groups excluding carboxylic acids is 1. The van der Waals surface area contributed by atoms with Gasteiger partial charge in [0, 0.05) is 0 Å². The lowest BCUT2D eigenvalue weighted by Gasteiger charge is -2.17. The van der Waals surface area contributed by atoms with Gasteiger partial charge in [-0.25, -0.2) is 4.68 Å². The fraction of sp³-hybridized carbons (Fsp3) is 0.238. The fourth-order valence-electron chi connectivity index (χ4n) is 3.08. The Morgan fingerprint density at radius 3 is 2.70 bits per heavy atom. The number of nitrogens with zero attached hydrogens (tertiary/aromatic N) is 3. The summed E-state index contributed by atoms with van der Waals surface area (Å²) in [7, 11) is 1.54. The normalized spacial score (nSPS) is 11.7. The van der Waals surface area contributed by atoms with Crippen molar-refractivity contribution in [2.24, 2.45) is 0 Å². The third-order valence-corrected chi connectivity index (χ3v) is 5.23. The number of aliphatic carboxylic acids is 1. The number of aryl methyl sites for hydroxylation is 1. The Morgan fingerprint density at radius 2 is 2.03 bits per heavy atom. The summed E-state index contributed by atoms with van der Waals surface area (Å²) in [4.78, 5) is 24.1. The first-order valence-corrected chi connectivity index (χ1v) is 10.1. The quantitative estimate of drug-likeness (QED) is 0.519. The smallest absolute Gasteiger partial charge is 0.305 e. The van der Waals surface area contributed by atoms with Crippen LogP contribution < -0.4 is 10.1 Å². The molecule has 8 nitrogen and oxygen atoms in total. The van der Waals surface area contributed by atoms with Crippen molar-refractivity contribution in [1.82, 2.24) is 20.3 Å². The number of amides is 1. The Morgan fingerprint density at radius 1 is 1.27 bits per heavy atom. The van der Waals surface area contributed by atoms with Crippen LogP contribution in [0.4, 0.5) is 0 Å². The Hall–Kier alpha value is -3.20. The summed E-state index contributed by atoms with van der Waals surface area (Å²) in [5.74, 6) is -0.933. The van der Waals surface area contributed by atoms with Crippen molar-refractivity contribution in [1.29, 1.82) is 0 Å². The molecule has 2 aromatic carbocycles. The van der Waals surface area contributed by atoms with Gasteiger partial charge in [-0.2, -0.15) is 0 Å². The second-order valence-electron chi connectivity index (χ2n) is 6.55. The molecule has 0 bridgehead atoms. The number of ether oxygens (including phenoxy) is 1. The highest BCUT2D eigenvalue weighted by Gasteiger charge is 2.22. The first-order valence-electron chi connectivity index (χ1n) is 9.29. The van der Waals surface area contributed by atoms with Gasteiger partial charge in [0.15, 0.2) is 5.69 Å². The van der Waals surface area contributed by atoms with Crippen LogP contribution in [0.5, 0.6) is 5.75 Å². The van der Waals surface area contributed by atoms with Gasteiger partial charge in [0.05, 0.1) is 35.9 Å². The van der Waals surface area contributed by atoms with Crippen molar-refractivity contribution >= 4 is 27.8 Å². The zero-order chi connectivity index (χ0) is 21.7. The summed E-state index contributed by atoms with van der Waals surface area (Å²) in [6, 6.07) is 12.1. The zero-order valence-electron chi connectivity index (χ0n) is 16.5. The van der Waals surface area contributed by atoms with Gasteiger partial charge in [-0.3, -0.25) is 9.59 Å². The lowest BCUT2D eigenvalue weighted by molar-refractivity contribution is -0.137. The number of carboxylic acids is 1. The minimum atomic E-state index is -1.03. The molecule has 0 fully saturated rings. The molecule has 0 aliphatic heterocycles. The van der Waals surface area contributed by atoms with Crippen molar-refractivity contribution in [3.05, 3.63) is 70.0 Å². The van der Waals surface area contributed by atoms with E-state index >= 15 is 0 Å². The maximum Gasteiger partial charge on any atom is 0.305 e. The molecule has 1 amide bonds. The molecule has 0 saturated carbocycles. The Labute approximate surface area is 182 Å². The second kappa shape index (κ2) is 9.53. The average Bonchev–Trinajstić information content (AvgIpc) is 3.23. The predicted octanol–water partition coefficient (Wildman–Crippen LogP) is 3.55. The molecule has 3 aromatic rings. The van der Waals surface area contributed by atoms with E-state index in [4.69, 9.17) is 4.74 Å². The van der Waals surface area contributed by atoms with Crippen LogP contribution in [0.2, 0.25) is 0 Å². The number of hydrogen-bond acceptors (Lipinski definition) is 5. The number of aromatic nitrogens is 3. The first kappa shape index (κ1) is 21.5. The molecule has 0 radical (unpaired) electrons. The van der Waals surface area contributed by atoms with Crippen molar-refractivity contribution < 1.29 is 19.4 Å². The maximum atomic E-state index is 12.8. The van der Waals surface area contributed by atoms with Crippen LogP contribution in [0.25, 0.3) is 5.69 Å². The van der Waals surface area contributed by atoms with E-state index in [1.807, 2.05) is 31.2 Å². The van der Waals surface area contributed by atoms with Crippen molar-refractivity contribution in [2.75, 3.05) is 7.11 Å². The minimum Gasteiger partial charge on any atom is -0.496 e. The summed E-state index contributed by atoms with van der Waals surface area (Å²) < 4.78 is 7.41. The molecule has 3 rings (SSSR count). The lowest BCUT2D eigenvalue weighted by atomic mass is 10.0. The molecule has 9 heteroatoms. The molecule has 1 unspecified atom stereocenters. The third-order valence-electron chi connectivity index (χ3n) is 4.61. The van der Waals surface area contributed by atoms with Crippen LogP contribution in [0.15, 0.2) is 53.1 Å². The van der Waals surface area contributed by atoms with E-state index in [2.05, 4.69) is 31.6 Å². The molecule has 1 aromatic heterocycles. The van der Waals surface area contributed by atoms with Gasteiger partial charge in [0.2, 0.25) is 0 Å². The Balaban J connectivity index is 1.84. The van der Waals surface area contributed by atoms with E-state index in [9.17, 15) is 14.7 Å². The molecule has 156 valence electrons. The molecule has 0 aliphatic carbocycles. The number of halogens is 1.